The molecule has 2 aromatic carbocycles. The third kappa shape index (κ3) is 6.30. The fourth-order valence-electron chi connectivity index (χ4n) is 2.59. The van der Waals surface area contributed by atoms with Crippen molar-refractivity contribution in [2.45, 2.75) is 25.2 Å². The summed E-state index contributed by atoms with van der Waals surface area (Å²) in [6.45, 7) is 0.0528. The molecule has 154 valence electrons. The largest absolute Gasteiger partial charge is 0.478 e. The minimum Gasteiger partial charge on any atom is -0.478 e. The Morgan fingerprint density at radius 3 is 2.28 bits per heavy atom. The van der Waals surface area contributed by atoms with Gasteiger partial charge in [-0.1, -0.05) is 36.4 Å². The van der Waals surface area contributed by atoms with Crippen LogP contribution in [-0.4, -0.2) is 51.1 Å². The van der Waals surface area contributed by atoms with Gasteiger partial charge in [-0.25, -0.2) is 14.4 Å². The molecule has 0 aliphatic carbocycles. The van der Waals surface area contributed by atoms with Crippen molar-refractivity contribution in [1.82, 2.24) is 5.32 Å². The highest BCUT2D eigenvalue weighted by atomic mass is 16.5. The summed E-state index contributed by atoms with van der Waals surface area (Å²) >= 11 is 0. The van der Waals surface area contributed by atoms with Crippen LogP contribution < -0.4 is 5.32 Å². The van der Waals surface area contributed by atoms with E-state index in [4.69, 9.17) is 9.84 Å². The summed E-state index contributed by atoms with van der Waals surface area (Å²) < 4.78 is 5.01. The maximum atomic E-state index is 11.7. The number of ether oxygens (including phenoxy) is 1. The lowest BCUT2D eigenvalue weighted by atomic mass is 9.95. The molecule has 2 rings (SSSR count). The molecule has 0 aromatic heterocycles. The van der Waals surface area contributed by atoms with Gasteiger partial charge in [0.05, 0.1) is 17.2 Å². The van der Waals surface area contributed by atoms with E-state index < -0.39 is 35.8 Å². The number of rotatable bonds is 9. The highest BCUT2D eigenvalue weighted by molar-refractivity contribution is 5.95. The molecular formula is C20H21NO8. The van der Waals surface area contributed by atoms with E-state index >= 15 is 0 Å². The van der Waals surface area contributed by atoms with Crippen molar-refractivity contribution in [3.63, 3.8) is 0 Å². The summed E-state index contributed by atoms with van der Waals surface area (Å²) in [6.07, 6.45) is -3.75. The summed E-state index contributed by atoms with van der Waals surface area (Å²) in [4.78, 5) is 34.0. The molecule has 0 aliphatic rings. The van der Waals surface area contributed by atoms with Crippen LogP contribution in [0.5, 0.6) is 0 Å². The first-order valence-electron chi connectivity index (χ1n) is 8.70. The first-order valence-corrected chi connectivity index (χ1v) is 8.70. The number of alkyl carbamates (subject to hydrolysis) is 1. The second-order valence-electron chi connectivity index (χ2n) is 6.20. The predicted molar refractivity (Wildman–Crippen MR) is 101 cm³/mol. The van der Waals surface area contributed by atoms with Crippen LogP contribution in [0.15, 0.2) is 48.5 Å². The van der Waals surface area contributed by atoms with Gasteiger partial charge in [-0.2, -0.15) is 0 Å². The zero-order chi connectivity index (χ0) is 21.4. The lowest BCUT2D eigenvalue weighted by molar-refractivity contribution is 0.0127. The molecule has 2 atom stereocenters. The molecule has 0 bridgehead atoms. The van der Waals surface area contributed by atoms with Gasteiger partial charge in [0.25, 0.3) is 0 Å². The number of benzene rings is 2. The number of aliphatic hydroxyl groups excluding tert-OH is 2. The van der Waals surface area contributed by atoms with Crippen LogP contribution in [0.25, 0.3) is 0 Å². The van der Waals surface area contributed by atoms with Crippen LogP contribution in [0, 0.1) is 0 Å². The average molecular weight is 403 g/mol. The first-order chi connectivity index (χ1) is 13.8. The van der Waals surface area contributed by atoms with Crippen molar-refractivity contribution in [3.8, 4) is 0 Å². The van der Waals surface area contributed by atoms with Gasteiger partial charge in [0.1, 0.15) is 12.7 Å². The van der Waals surface area contributed by atoms with E-state index in [0.29, 0.717) is 0 Å². The van der Waals surface area contributed by atoms with E-state index in [9.17, 15) is 29.7 Å². The van der Waals surface area contributed by atoms with Crippen molar-refractivity contribution >= 4 is 18.0 Å². The Hall–Kier alpha value is -3.43. The highest BCUT2D eigenvalue weighted by Gasteiger charge is 2.24. The number of hydrogen-bond donors (Lipinski definition) is 5. The zero-order valence-corrected chi connectivity index (χ0v) is 15.3. The Morgan fingerprint density at radius 1 is 0.966 bits per heavy atom. The maximum Gasteiger partial charge on any atom is 0.407 e. The number of amides is 1. The van der Waals surface area contributed by atoms with Crippen LogP contribution in [0.1, 0.15) is 44.4 Å². The van der Waals surface area contributed by atoms with E-state index in [-0.39, 0.29) is 30.7 Å². The third-order valence-electron chi connectivity index (χ3n) is 4.14. The molecule has 0 spiro atoms. The molecule has 0 radical (unpaired) electrons. The minimum absolute atomic E-state index is 0.0263. The monoisotopic (exact) mass is 403 g/mol. The van der Waals surface area contributed by atoms with Crippen molar-refractivity contribution in [3.05, 3.63) is 70.8 Å². The average Bonchev–Trinajstić information content (AvgIpc) is 2.71. The Kier molecular flexibility index (Phi) is 7.70. The number of hydrogen-bond acceptors (Lipinski definition) is 6. The standard InChI is InChI=1S/C20H21NO8/c22-16(8-9-21-20(28)29-11-12-4-2-1-3-5-12)17(23)14-7-6-13(18(24)25)10-15(14)19(26)27/h1-7,10,16-17,22-23H,8-9,11H2,(H,21,28)(H,24,25)(H,26,27). The number of carbonyl (C=O) groups excluding carboxylic acids is 1. The normalized spacial score (nSPS) is 12.6. The van der Waals surface area contributed by atoms with Gasteiger partial charge in [-0.3, -0.25) is 0 Å². The van der Waals surface area contributed by atoms with Gasteiger partial charge in [0.15, 0.2) is 0 Å². The lowest BCUT2D eigenvalue weighted by Crippen LogP contribution is -2.30. The van der Waals surface area contributed by atoms with Crippen molar-refractivity contribution in [2.24, 2.45) is 0 Å². The molecule has 0 saturated heterocycles. The summed E-state index contributed by atoms with van der Waals surface area (Å²) in [5.74, 6) is -2.75. The summed E-state index contributed by atoms with van der Waals surface area (Å²) in [6, 6.07) is 12.2. The highest BCUT2D eigenvalue weighted by Crippen LogP contribution is 2.24. The van der Waals surface area contributed by atoms with Crippen LogP contribution in [-0.2, 0) is 11.3 Å². The SMILES string of the molecule is O=C(NCCC(O)C(O)c1ccc(C(=O)O)cc1C(=O)O)OCc1ccccc1. The number of carboxylic acids is 2. The lowest BCUT2D eigenvalue weighted by Gasteiger charge is -2.20. The maximum absolute atomic E-state index is 11.7. The molecule has 29 heavy (non-hydrogen) atoms. The minimum atomic E-state index is -1.58. The number of nitrogens with one attached hydrogen (secondary N) is 1. The second-order valence-corrected chi connectivity index (χ2v) is 6.20. The fraction of sp³-hybridized carbons (Fsp3) is 0.250. The quantitative estimate of drug-likeness (QED) is 0.425. The van der Waals surface area contributed by atoms with Crippen LogP contribution in [0.3, 0.4) is 0 Å². The van der Waals surface area contributed by atoms with Gasteiger partial charge in [0, 0.05) is 6.54 Å². The van der Waals surface area contributed by atoms with E-state index in [2.05, 4.69) is 5.32 Å². The van der Waals surface area contributed by atoms with Crippen LogP contribution in [0.2, 0.25) is 0 Å². The number of carbonyl (C=O) groups is 3. The van der Waals surface area contributed by atoms with E-state index in [1.54, 1.807) is 12.1 Å². The Labute approximate surface area is 166 Å². The fourth-order valence-corrected chi connectivity index (χ4v) is 2.59. The Balaban J connectivity index is 1.88. The Morgan fingerprint density at radius 2 is 1.66 bits per heavy atom. The number of aromatic carboxylic acids is 2. The zero-order valence-electron chi connectivity index (χ0n) is 15.3. The predicted octanol–water partition coefficient (Wildman–Crippen LogP) is 1.79. The van der Waals surface area contributed by atoms with Gasteiger partial charge < -0.3 is 30.5 Å². The summed E-state index contributed by atoms with van der Waals surface area (Å²) in [7, 11) is 0. The van der Waals surface area contributed by atoms with Crippen LogP contribution >= 0.6 is 0 Å². The molecule has 0 aliphatic heterocycles. The van der Waals surface area contributed by atoms with Gasteiger partial charge in [-0.05, 0) is 29.7 Å². The van der Waals surface area contributed by atoms with Gasteiger partial charge in [0.2, 0.25) is 0 Å². The first kappa shape index (κ1) is 21.9. The molecule has 0 fully saturated rings. The number of aliphatic hydroxyl groups is 2. The summed E-state index contributed by atoms with van der Waals surface area (Å²) in [5.41, 5.74) is 0.00752. The van der Waals surface area contributed by atoms with Gasteiger partial charge >= 0.3 is 18.0 Å². The molecule has 0 heterocycles. The van der Waals surface area contributed by atoms with Crippen molar-refractivity contribution in [2.75, 3.05) is 6.54 Å². The molecule has 9 nitrogen and oxygen atoms in total. The van der Waals surface area contributed by atoms with Crippen LogP contribution in [0.4, 0.5) is 4.79 Å². The molecular weight excluding hydrogens is 382 g/mol. The molecule has 1 amide bonds. The molecule has 2 unspecified atom stereocenters. The van der Waals surface area contributed by atoms with Crippen molar-refractivity contribution < 1.29 is 39.5 Å². The molecule has 0 saturated carbocycles. The van der Waals surface area contributed by atoms with Crippen molar-refractivity contribution in [1.29, 1.82) is 0 Å². The van der Waals surface area contributed by atoms with E-state index in [0.717, 1.165) is 23.8 Å². The second kappa shape index (κ2) is 10.2. The molecule has 5 N–H and O–H groups in total. The van der Waals surface area contributed by atoms with E-state index in [1.807, 2.05) is 18.2 Å². The van der Waals surface area contributed by atoms with E-state index in [1.165, 1.54) is 0 Å². The smallest absolute Gasteiger partial charge is 0.407 e. The topological polar surface area (TPSA) is 153 Å². The third-order valence-corrected chi connectivity index (χ3v) is 4.14. The number of carboxylic acid groups (broad SMARTS) is 2. The van der Waals surface area contributed by atoms with Gasteiger partial charge in [-0.15, -0.1) is 0 Å². The molecule has 2 aromatic rings. The molecule has 9 heteroatoms. The Bertz CT molecular complexity index is 868. The summed E-state index contributed by atoms with van der Waals surface area (Å²) in [5, 5.41) is 41.0.